The van der Waals surface area contributed by atoms with Gasteiger partial charge in [0.25, 0.3) is 0 Å². The first-order chi connectivity index (χ1) is 9.67. The van der Waals surface area contributed by atoms with E-state index >= 15 is 0 Å². The van der Waals surface area contributed by atoms with Crippen LogP contribution in [-0.2, 0) is 17.8 Å². The first-order valence-corrected chi connectivity index (χ1v) is 6.35. The molecule has 2 aromatic rings. The molecule has 20 heavy (non-hydrogen) atoms. The van der Waals surface area contributed by atoms with Crippen LogP contribution in [0.1, 0.15) is 5.56 Å². The predicted octanol–water partition coefficient (Wildman–Crippen LogP) is 0.833. The topological polar surface area (TPSA) is 82.2 Å². The number of nitrogens with one attached hydrogen (secondary N) is 1. The van der Waals surface area contributed by atoms with Gasteiger partial charge in [0.15, 0.2) is 0 Å². The molecule has 1 aromatic heterocycles. The molecule has 0 radical (unpaired) electrons. The third kappa shape index (κ3) is 4.01. The molecule has 0 aliphatic rings. The quantitative estimate of drug-likeness (QED) is 0.817. The maximum Gasteiger partial charge on any atom is 0.224 e. The lowest BCUT2D eigenvalue weighted by Crippen LogP contribution is -2.28. The van der Waals surface area contributed by atoms with Gasteiger partial charge in [0.2, 0.25) is 5.91 Å². The number of methoxy groups -OCH3 is 1. The van der Waals surface area contributed by atoms with Gasteiger partial charge in [0.1, 0.15) is 5.75 Å². The summed E-state index contributed by atoms with van der Waals surface area (Å²) in [6.07, 6.45) is 3.64. The molecule has 0 unspecified atom stereocenters. The molecule has 0 atom stereocenters. The number of benzene rings is 1. The minimum absolute atomic E-state index is 0.0293. The standard InChI is InChI=1S/C14H18N4O2/c1-20-13-4-2-3-11(7-13)8-14(19)16-5-6-18-10-12(15)9-17-18/h2-4,7,9-10H,5-6,8,15H2,1H3,(H,16,19). The Morgan fingerprint density at radius 2 is 2.35 bits per heavy atom. The summed E-state index contributed by atoms with van der Waals surface area (Å²) in [6.45, 7) is 1.12. The van der Waals surface area contributed by atoms with Gasteiger partial charge in [0, 0.05) is 12.7 Å². The second-order valence-electron chi connectivity index (χ2n) is 4.42. The Bertz CT molecular complexity index is 580. The number of carbonyl (C=O) groups is 1. The summed E-state index contributed by atoms with van der Waals surface area (Å²) in [5.74, 6) is 0.723. The van der Waals surface area contributed by atoms with Crippen molar-refractivity contribution in [2.75, 3.05) is 19.4 Å². The van der Waals surface area contributed by atoms with Crippen molar-refractivity contribution in [1.29, 1.82) is 0 Å². The number of hydrogen-bond donors (Lipinski definition) is 2. The second-order valence-corrected chi connectivity index (χ2v) is 4.42. The molecule has 0 saturated carbocycles. The van der Waals surface area contributed by atoms with Gasteiger partial charge in [-0.3, -0.25) is 9.48 Å². The van der Waals surface area contributed by atoms with Gasteiger partial charge in [0.05, 0.1) is 32.0 Å². The number of aromatic nitrogens is 2. The Morgan fingerprint density at radius 1 is 1.50 bits per heavy atom. The zero-order chi connectivity index (χ0) is 14.4. The number of ether oxygens (including phenoxy) is 1. The number of carbonyl (C=O) groups excluding carboxylic acids is 1. The molecule has 2 rings (SSSR count). The molecule has 0 spiro atoms. The SMILES string of the molecule is COc1cccc(CC(=O)NCCn2cc(N)cn2)c1. The third-order valence-corrected chi connectivity index (χ3v) is 2.82. The van der Waals surface area contributed by atoms with Crippen LogP contribution in [0.5, 0.6) is 5.75 Å². The van der Waals surface area contributed by atoms with E-state index in [1.807, 2.05) is 24.3 Å². The highest BCUT2D eigenvalue weighted by atomic mass is 16.5. The molecule has 0 fully saturated rings. The van der Waals surface area contributed by atoms with Crippen LogP contribution >= 0.6 is 0 Å². The van der Waals surface area contributed by atoms with E-state index in [0.29, 0.717) is 25.2 Å². The highest BCUT2D eigenvalue weighted by molar-refractivity contribution is 5.78. The van der Waals surface area contributed by atoms with Crippen molar-refractivity contribution in [1.82, 2.24) is 15.1 Å². The maximum atomic E-state index is 11.8. The van der Waals surface area contributed by atoms with Gasteiger partial charge >= 0.3 is 0 Å². The molecule has 0 saturated heterocycles. The summed E-state index contributed by atoms with van der Waals surface area (Å²) in [5.41, 5.74) is 7.10. The van der Waals surface area contributed by atoms with Crippen LogP contribution in [0.15, 0.2) is 36.7 Å². The van der Waals surface area contributed by atoms with Crippen LogP contribution < -0.4 is 15.8 Å². The van der Waals surface area contributed by atoms with Crippen molar-refractivity contribution in [2.24, 2.45) is 0 Å². The summed E-state index contributed by atoms with van der Waals surface area (Å²) >= 11 is 0. The molecule has 1 heterocycles. The first-order valence-electron chi connectivity index (χ1n) is 6.35. The van der Waals surface area contributed by atoms with Crippen LogP contribution in [0.2, 0.25) is 0 Å². The molecule has 6 heteroatoms. The Morgan fingerprint density at radius 3 is 3.05 bits per heavy atom. The van der Waals surface area contributed by atoms with E-state index in [2.05, 4.69) is 10.4 Å². The molecular formula is C14H18N4O2. The lowest BCUT2D eigenvalue weighted by Gasteiger charge is -2.06. The van der Waals surface area contributed by atoms with E-state index < -0.39 is 0 Å². The van der Waals surface area contributed by atoms with Crippen LogP contribution in [0.3, 0.4) is 0 Å². The fourth-order valence-electron chi connectivity index (χ4n) is 1.84. The van der Waals surface area contributed by atoms with Gasteiger partial charge in [-0.05, 0) is 17.7 Å². The summed E-state index contributed by atoms with van der Waals surface area (Å²) in [6, 6.07) is 7.47. The maximum absolute atomic E-state index is 11.8. The minimum Gasteiger partial charge on any atom is -0.497 e. The number of hydrogen-bond acceptors (Lipinski definition) is 4. The number of nitrogen functional groups attached to an aromatic ring is 1. The van der Waals surface area contributed by atoms with E-state index in [0.717, 1.165) is 11.3 Å². The summed E-state index contributed by atoms with van der Waals surface area (Å²) in [5, 5.41) is 6.89. The van der Waals surface area contributed by atoms with Crippen molar-refractivity contribution in [3.05, 3.63) is 42.2 Å². The van der Waals surface area contributed by atoms with Gasteiger partial charge < -0.3 is 15.8 Å². The predicted molar refractivity (Wildman–Crippen MR) is 76.3 cm³/mol. The molecule has 1 amide bonds. The highest BCUT2D eigenvalue weighted by Crippen LogP contribution is 2.12. The van der Waals surface area contributed by atoms with Gasteiger partial charge in [-0.15, -0.1) is 0 Å². The lowest BCUT2D eigenvalue weighted by molar-refractivity contribution is -0.120. The van der Waals surface area contributed by atoms with Crippen LogP contribution in [-0.4, -0.2) is 29.3 Å². The summed E-state index contributed by atoms with van der Waals surface area (Å²) in [4.78, 5) is 11.8. The first kappa shape index (κ1) is 13.9. The average molecular weight is 274 g/mol. The molecule has 106 valence electrons. The highest BCUT2D eigenvalue weighted by Gasteiger charge is 2.04. The lowest BCUT2D eigenvalue weighted by atomic mass is 10.1. The van der Waals surface area contributed by atoms with Crippen LogP contribution in [0, 0.1) is 0 Å². The Kier molecular flexibility index (Phi) is 4.60. The Hall–Kier alpha value is -2.50. The Balaban J connectivity index is 1.77. The number of anilines is 1. The number of nitrogens with zero attached hydrogens (tertiary/aromatic N) is 2. The normalized spacial score (nSPS) is 10.2. The van der Waals surface area contributed by atoms with Crippen LogP contribution in [0.25, 0.3) is 0 Å². The van der Waals surface area contributed by atoms with E-state index in [1.54, 1.807) is 24.2 Å². The summed E-state index contributed by atoms with van der Waals surface area (Å²) in [7, 11) is 1.61. The monoisotopic (exact) mass is 274 g/mol. The van der Waals surface area contributed by atoms with Gasteiger partial charge in [-0.1, -0.05) is 12.1 Å². The molecule has 6 nitrogen and oxygen atoms in total. The van der Waals surface area contributed by atoms with Crippen molar-refractivity contribution in [3.63, 3.8) is 0 Å². The molecule has 3 N–H and O–H groups in total. The van der Waals surface area contributed by atoms with E-state index in [9.17, 15) is 4.79 Å². The zero-order valence-corrected chi connectivity index (χ0v) is 11.4. The van der Waals surface area contributed by atoms with Crippen LogP contribution in [0.4, 0.5) is 5.69 Å². The number of nitrogens with two attached hydrogens (primary N) is 1. The van der Waals surface area contributed by atoms with Gasteiger partial charge in [-0.25, -0.2) is 0 Å². The fraction of sp³-hybridized carbons (Fsp3) is 0.286. The fourth-order valence-corrected chi connectivity index (χ4v) is 1.84. The average Bonchev–Trinajstić information content (AvgIpc) is 2.84. The second kappa shape index (κ2) is 6.60. The molecule has 0 aliphatic heterocycles. The molecule has 1 aromatic carbocycles. The summed E-state index contributed by atoms with van der Waals surface area (Å²) < 4.78 is 6.82. The molecule has 0 aliphatic carbocycles. The molecular weight excluding hydrogens is 256 g/mol. The van der Waals surface area contributed by atoms with Crippen molar-refractivity contribution >= 4 is 11.6 Å². The van der Waals surface area contributed by atoms with E-state index in [4.69, 9.17) is 10.5 Å². The minimum atomic E-state index is -0.0293. The largest absolute Gasteiger partial charge is 0.497 e. The molecule has 0 bridgehead atoms. The van der Waals surface area contributed by atoms with Crippen molar-refractivity contribution in [2.45, 2.75) is 13.0 Å². The smallest absolute Gasteiger partial charge is 0.224 e. The zero-order valence-electron chi connectivity index (χ0n) is 11.4. The number of rotatable bonds is 6. The Labute approximate surface area is 117 Å². The van der Waals surface area contributed by atoms with Gasteiger partial charge in [-0.2, -0.15) is 5.10 Å². The van der Waals surface area contributed by atoms with Crippen molar-refractivity contribution in [3.8, 4) is 5.75 Å². The van der Waals surface area contributed by atoms with Crippen molar-refractivity contribution < 1.29 is 9.53 Å². The number of amides is 1. The van der Waals surface area contributed by atoms with E-state index in [-0.39, 0.29) is 5.91 Å². The third-order valence-electron chi connectivity index (χ3n) is 2.82. The van der Waals surface area contributed by atoms with E-state index in [1.165, 1.54) is 0 Å².